The van der Waals surface area contributed by atoms with E-state index in [-0.39, 0.29) is 24.0 Å². The Bertz CT molecular complexity index is 552. The molecule has 6 nitrogen and oxygen atoms in total. The van der Waals surface area contributed by atoms with Crippen molar-refractivity contribution in [2.24, 2.45) is 5.73 Å². The Balaban J connectivity index is 2.44. The third kappa shape index (κ3) is 2.74. The highest BCUT2D eigenvalue weighted by molar-refractivity contribution is 6.01. The molecular formula is C13H15N3O3. The zero-order chi connectivity index (χ0) is 13.7. The Hall–Kier alpha value is -2.34. The molecule has 0 atom stereocenters. The van der Waals surface area contributed by atoms with Gasteiger partial charge in [-0.25, -0.2) is 0 Å². The Morgan fingerprint density at radius 1 is 1.42 bits per heavy atom. The second-order valence-corrected chi connectivity index (χ2v) is 3.77. The van der Waals surface area contributed by atoms with Gasteiger partial charge < -0.3 is 20.3 Å². The van der Waals surface area contributed by atoms with Gasteiger partial charge in [0.1, 0.15) is 6.61 Å². The first kappa shape index (κ1) is 13.1. The Labute approximate surface area is 110 Å². The van der Waals surface area contributed by atoms with E-state index in [1.807, 2.05) is 30.3 Å². The van der Waals surface area contributed by atoms with Crippen LogP contribution in [0.3, 0.4) is 0 Å². The minimum absolute atomic E-state index is 0.156. The fourth-order valence-corrected chi connectivity index (χ4v) is 1.64. The molecule has 0 saturated carbocycles. The van der Waals surface area contributed by atoms with Crippen LogP contribution < -0.4 is 15.8 Å². The number of nitrogens with one attached hydrogen (secondary N) is 1. The van der Waals surface area contributed by atoms with Gasteiger partial charge in [0.05, 0.1) is 0 Å². The van der Waals surface area contributed by atoms with Crippen LogP contribution in [0.15, 0.2) is 34.9 Å². The summed E-state index contributed by atoms with van der Waals surface area (Å²) in [5.41, 5.74) is 6.41. The van der Waals surface area contributed by atoms with Gasteiger partial charge in [0, 0.05) is 19.2 Å². The molecule has 0 saturated heterocycles. The van der Waals surface area contributed by atoms with Gasteiger partial charge in [0.25, 0.3) is 11.8 Å². The summed E-state index contributed by atoms with van der Waals surface area (Å²) in [4.78, 5) is 11.9. The van der Waals surface area contributed by atoms with Crippen molar-refractivity contribution < 1.29 is 14.1 Å². The fraction of sp³-hybridized carbons (Fsp3) is 0.231. The summed E-state index contributed by atoms with van der Waals surface area (Å²) < 4.78 is 10.5. The van der Waals surface area contributed by atoms with E-state index in [0.717, 1.165) is 5.56 Å². The number of aromatic nitrogens is 1. The van der Waals surface area contributed by atoms with Gasteiger partial charge in [-0.2, -0.15) is 0 Å². The second kappa shape index (κ2) is 6.01. The van der Waals surface area contributed by atoms with Gasteiger partial charge in [-0.15, -0.1) is 0 Å². The molecule has 1 aromatic heterocycles. The number of ether oxygens (including phenoxy) is 1. The number of hydrogen-bond donors (Lipinski definition) is 2. The van der Waals surface area contributed by atoms with Crippen LogP contribution in [0.5, 0.6) is 5.88 Å². The Morgan fingerprint density at radius 3 is 2.79 bits per heavy atom. The molecule has 0 bridgehead atoms. The molecule has 100 valence electrons. The summed E-state index contributed by atoms with van der Waals surface area (Å²) >= 11 is 0. The molecule has 1 heterocycles. The van der Waals surface area contributed by atoms with Crippen LogP contribution in [0.25, 0.3) is 11.3 Å². The first-order valence-electron chi connectivity index (χ1n) is 5.88. The average molecular weight is 261 g/mol. The Kier molecular flexibility index (Phi) is 4.15. The van der Waals surface area contributed by atoms with Crippen LogP contribution >= 0.6 is 0 Å². The lowest BCUT2D eigenvalue weighted by Crippen LogP contribution is -2.20. The molecule has 0 aliphatic rings. The third-order valence-corrected chi connectivity index (χ3v) is 2.51. The van der Waals surface area contributed by atoms with Crippen molar-refractivity contribution in [3.05, 3.63) is 35.9 Å². The molecule has 0 aliphatic heterocycles. The number of nitrogens with zero attached hydrogens (tertiary/aromatic N) is 1. The molecule has 1 amide bonds. The fourth-order valence-electron chi connectivity index (χ4n) is 1.64. The number of hydrogen-bond acceptors (Lipinski definition) is 5. The largest absolute Gasteiger partial charge is 0.474 e. The predicted molar refractivity (Wildman–Crippen MR) is 69.9 cm³/mol. The van der Waals surface area contributed by atoms with E-state index >= 15 is 0 Å². The summed E-state index contributed by atoms with van der Waals surface area (Å²) in [6.45, 7) is 0.603. The van der Waals surface area contributed by atoms with Gasteiger partial charge in [-0.3, -0.25) is 4.79 Å². The highest BCUT2D eigenvalue weighted by Gasteiger charge is 2.24. The minimum Gasteiger partial charge on any atom is -0.474 e. The number of benzene rings is 1. The van der Waals surface area contributed by atoms with E-state index in [2.05, 4.69) is 10.5 Å². The van der Waals surface area contributed by atoms with Crippen molar-refractivity contribution in [2.75, 3.05) is 20.2 Å². The molecule has 0 fully saturated rings. The molecular weight excluding hydrogens is 246 g/mol. The standard InChI is InChI=1S/C13H15N3O3/c1-15-12(17)10-11(9-5-3-2-4-6-9)19-16-13(10)18-8-7-14/h2-6H,7-8,14H2,1H3,(H,15,17). The van der Waals surface area contributed by atoms with Crippen molar-refractivity contribution in [1.82, 2.24) is 10.5 Å². The molecule has 1 aromatic carbocycles. The van der Waals surface area contributed by atoms with E-state index in [1.54, 1.807) is 0 Å². The van der Waals surface area contributed by atoms with Gasteiger partial charge in [-0.05, 0) is 5.16 Å². The minimum atomic E-state index is -0.313. The van der Waals surface area contributed by atoms with E-state index in [0.29, 0.717) is 12.3 Å². The quantitative estimate of drug-likeness (QED) is 0.839. The monoisotopic (exact) mass is 261 g/mol. The van der Waals surface area contributed by atoms with Crippen LogP contribution in [0, 0.1) is 0 Å². The molecule has 0 unspecified atom stereocenters. The lowest BCUT2D eigenvalue weighted by molar-refractivity contribution is 0.0959. The molecule has 6 heteroatoms. The SMILES string of the molecule is CNC(=O)c1c(OCCN)noc1-c1ccccc1. The van der Waals surface area contributed by atoms with Crippen LogP contribution in [0.2, 0.25) is 0 Å². The number of nitrogens with two attached hydrogens (primary N) is 1. The molecule has 0 radical (unpaired) electrons. The number of rotatable bonds is 5. The summed E-state index contributed by atoms with van der Waals surface area (Å²) in [6.07, 6.45) is 0. The van der Waals surface area contributed by atoms with E-state index in [1.165, 1.54) is 7.05 Å². The number of amides is 1. The van der Waals surface area contributed by atoms with Crippen LogP contribution in [-0.2, 0) is 0 Å². The summed E-state index contributed by atoms with van der Waals surface area (Å²) in [7, 11) is 1.54. The molecule has 0 aliphatic carbocycles. The summed E-state index contributed by atoms with van der Waals surface area (Å²) in [5.74, 6) is 0.225. The van der Waals surface area contributed by atoms with Crippen molar-refractivity contribution in [1.29, 1.82) is 0 Å². The van der Waals surface area contributed by atoms with Gasteiger partial charge in [-0.1, -0.05) is 30.3 Å². The smallest absolute Gasteiger partial charge is 0.267 e. The normalized spacial score (nSPS) is 10.2. The Morgan fingerprint density at radius 2 is 2.16 bits per heavy atom. The second-order valence-electron chi connectivity index (χ2n) is 3.77. The highest BCUT2D eigenvalue weighted by Crippen LogP contribution is 2.30. The summed E-state index contributed by atoms with van der Waals surface area (Å²) in [5, 5.41) is 6.33. The molecule has 2 rings (SSSR count). The molecule has 3 N–H and O–H groups in total. The average Bonchev–Trinajstić information content (AvgIpc) is 2.89. The maximum atomic E-state index is 11.9. The maximum absolute atomic E-state index is 11.9. The van der Waals surface area contributed by atoms with Crippen LogP contribution in [-0.4, -0.2) is 31.3 Å². The molecule has 2 aromatic rings. The highest BCUT2D eigenvalue weighted by atomic mass is 16.5. The van der Waals surface area contributed by atoms with Gasteiger partial charge in [0.15, 0.2) is 11.3 Å². The predicted octanol–water partition coefficient (Wildman–Crippen LogP) is 1.04. The van der Waals surface area contributed by atoms with E-state index in [9.17, 15) is 4.79 Å². The summed E-state index contributed by atoms with van der Waals surface area (Å²) in [6, 6.07) is 9.25. The lowest BCUT2D eigenvalue weighted by atomic mass is 10.1. The number of carbonyl (C=O) groups excluding carboxylic acids is 1. The zero-order valence-corrected chi connectivity index (χ0v) is 10.6. The van der Waals surface area contributed by atoms with E-state index in [4.69, 9.17) is 15.0 Å². The van der Waals surface area contributed by atoms with E-state index < -0.39 is 0 Å². The first-order chi connectivity index (χ1) is 9.27. The van der Waals surface area contributed by atoms with Gasteiger partial charge >= 0.3 is 0 Å². The van der Waals surface area contributed by atoms with Crippen molar-refractivity contribution in [3.8, 4) is 17.2 Å². The zero-order valence-electron chi connectivity index (χ0n) is 10.6. The lowest BCUT2D eigenvalue weighted by Gasteiger charge is -2.03. The third-order valence-electron chi connectivity index (χ3n) is 2.51. The van der Waals surface area contributed by atoms with Crippen molar-refractivity contribution >= 4 is 5.91 Å². The first-order valence-corrected chi connectivity index (χ1v) is 5.88. The topological polar surface area (TPSA) is 90.4 Å². The molecule has 0 spiro atoms. The van der Waals surface area contributed by atoms with Crippen molar-refractivity contribution in [3.63, 3.8) is 0 Å². The van der Waals surface area contributed by atoms with Crippen molar-refractivity contribution in [2.45, 2.75) is 0 Å². The van der Waals surface area contributed by atoms with Crippen LogP contribution in [0.1, 0.15) is 10.4 Å². The number of carbonyl (C=O) groups is 1. The maximum Gasteiger partial charge on any atom is 0.267 e. The van der Waals surface area contributed by atoms with Crippen LogP contribution in [0.4, 0.5) is 0 Å². The molecule has 19 heavy (non-hydrogen) atoms. The van der Waals surface area contributed by atoms with Gasteiger partial charge in [0.2, 0.25) is 0 Å².